The van der Waals surface area contributed by atoms with Crippen LogP contribution in [-0.2, 0) is 22.3 Å². The lowest BCUT2D eigenvalue weighted by Gasteiger charge is -2.06. The molecule has 0 N–H and O–H groups in total. The summed E-state index contributed by atoms with van der Waals surface area (Å²) in [6.45, 7) is 7.95. The molecule has 0 aliphatic carbocycles. The van der Waals surface area contributed by atoms with E-state index in [9.17, 15) is 0 Å². The van der Waals surface area contributed by atoms with Crippen molar-refractivity contribution < 1.29 is 9.47 Å². The highest BCUT2D eigenvalue weighted by Gasteiger charge is 2.06. The molecule has 0 fully saturated rings. The third kappa shape index (κ3) is 12.6. The van der Waals surface area contributed by atoms with E-state index >= 15 is 0 Å². The highest BCUT2D eigenvalue weighted by atomic mass is 16.5. The lowest BCUT2D eigenvalue weighted by atomic mass is 10.1. The fraction of sp³-hybridized carbons (Fsp3) is 0.588. The van der Waals surface area contributed by atoms with Gasteiger partial charge in [0.2, 0.25) is 0 Å². The zero-order valence-corrected chi connectivity index (χ0v) is 25.0. The van der Waals surface area contributed by atoms with Crippen LogP contribution in [0, 0.1) is 0 Å². The molecule has 6 nitrogen and oxygen atoms in total. The van der Waals surface area contributed by atoms with Crippen molar-refractivity contribution in [2.75, 3.05) is 26.4 Å². The maximum Gasteiger partial charge on any atom is 0.0901 e. The summed E-state index contributed by atoms with van der Waals surface area (Å²) in [5.41, 5.74) is 5.84. The van der Waals surface area contributed by atoms with Crippen molar-refractivity contribution in [1.82, 2.24) is 19.9 Å². The van der Waals surface area contributed by atoms with Crippen LogP contribution in [0.1, 0.15) is 102 Å². The van der Waals surface area contributed by atoms with Crippen LogP contribution < -0.4 is 0 Å². The molecule has 0 radical (unpaired) electrons. The van der Waals surface area contributed by atoms with Crippen molar-refractivity contribution in [1.29, 1.82) is 0 Å². The second kappa shape index (κ2) is 20.2. The Morgan fingerprint density at radius 3 is 1.23 bits per heavy atom. The third-order valence-electron chi connectivity index (χ3n) is 7.12. The van der Waals surface area contributed by atoms with Crippen molar-refractivity contribution in [3.8, 4) is 22.5 Å². The molecule has 3 heterocycles. The molecule has 0 saturated heterocycles. The van der Waals surface area contributed by atoms with Crippen molar-refractivity contribution >= 4 is 0 Å². The topological polar surface area (TPSA) is 70.0 Å². The second-order valence-electron chi connectivity index (χ2n) is 10.6. The molecule has 3 aromatic rings. The first-order valence-corrected chi connectivity index (χ1v) is 15.7. The van der Waals surface area contributed by atoms with Gasteiger partial charge in [-0.15, -0.1) is 0 Å². The number of pyridine rings is 2. The normalized spacial score (nSPS) is 11.2. The van der Waals surface area contributed by atoms with Gasteiger partial charge in [-0.3, -0.25) is 19.9 Å². The van der Waals surface area contributed by atoms with Gasteiger partial charge in [-0.1, -0.05) is 52.4 Å². The average molecular weight is 547 g/mol. The molecular weight excluding hydrogens is 496 g/mol. The van der Waals surface area contributed by atoms with E-state index in [4.69, 9.17) is 9.47 Å². The highest BCUT2D eigenvalue weighted by Crippen LogP contribution is 2.20. The van der Waals surface area contributed by atoms with Gasteiger partial charge in [0.05, 0.1) is 23.8 Å². The van der Waals surface area contributed by atoms with Gasteiger partial charge >= 0.3 is 0 Å². The zero-order chi connectivity index (χ0) is 28.1. The van der Waals surface area contributed by atoms with E-state index in [1.165, 1.54) is 51.4 Å². The van der Waals surface area contributed by atoms with E-state index in [0.29, 0.717) is 0 Å². The maximum atomic E-state index is 5.74. The number of hydrogen-bond donors (Lipinski definition) is 0. The SMILES string of the molecule is CCCCCCOCCCCc1ccc(-c2cnc(-c3ccc(CCCCOCCCCCC)nc3)cn2)cn1. The molecule has 0 saturated carbocycles. The van der Waals surface area contributed by atoms with E-state index in [2.05, 4.69) is 58.0 Å². The number of unbranched alkanes of at least 4 members (excludes halogenated alkanes) is 8. The Kier molecular flexibility index (Phi) is 16.1. The number of ether oxygens (including phenoxy) is 2. The van der Waals surface area contributed by atoms with Gasteiger partial charge in [0, 0.05) is 61.3 Å². The van der Waals surface area contributed by atoms with Crippen LogP contribution in [0.5, 0.6) is 0 Å². The molecule has 3 rings (SSSR count). The summed E-state index contributed by atoms with van der Waals surface area (Å²) in [5, 5.41) is 0. The quantitative estimate of drug-likeness (QED) is 0.118. The Balaban J connectivity index is 1.34. The number of nitrogens with zero attached hydrogens (tertiary/aromatic N) is 4. The molecule has 6 heteroatoms. The van der Waals surface area contributed by atoms with E-state index < -0.39 is 0 Å². The Morgan fingerprint density at radius 2 is 0.875 bits per heavy atom. The minimum atomic E-state index is 0.830. The molecule has 0 spiro atoms. The van der Waals surface area contributed by atoms with Crippen LogP contribution in [0.15, 0.2) is 49.1 Å². The van der Waals surface area contributed by atoms with Gasteiger partial charge in [-0.25, -0.2) is 0 Å². The predicted molar refractivity (Wildman–Crippen MR) is 164 cm³/mol. The molecule has 0 aromatic carbocycles. The Labute approximate surface area is 242 Å². The van der Waals surface area contributed by atoms with E-state index in [0.717, 1.165) is 98.9 Å². The van der Waals surface area contributed by atoms with Gasteiger partial charge in [0.1, 0.15) is 0 Å². The lowest BCUT2D eigenvalue weighted by Crippen LogP contribution is -1.99. The summed E-state index contributed by atoms with van der Waals surface area (Å²) in [5.74, 6) is 0. The predicted octanol–water partition coefficient (Wildman–Crippen LogP) is 8.44. The average Bonchev–Trinajstić information content (AvgIpc) is 3.00. The smallest absolute Gasteiger partial charge is 0.0901 e. The minimum Gasteiger partial charge on any atom is -0.381 e. The summed E-state index contributed by atoms with van der Waals surface area (Å²) in [6, 6.07) is 8.37. The summed E-state index contributed by atoms with van der Waals surface area (Å²) in [7, 11) is 0. The fourth-order valence-corrected chi connectivity index (χ4v) is 4.56. The highest BCUT2D eigenvalue weighted by molar-refractivity contribution is 5.61. The van der Waals surface area contributed by atoms with Crippen molar-refractivity contribution in [2.45, 2.75) is 104 Å². The van der Waals surface area contributed by atoms with Gasteiger partial charge < -0.3 is 9.47 Å². The van der Waals surface area contributed by atoms with E-state index in [1.807, 2.05) is 24.8 Å². The monoisotopic (exact) mass is 546 g/mol. The molecule has 3 aromatic heterocycles. The summed E-state index contributed by atoms with van der Waals surface area (Å²) in [4.78, 5) is 18.6. The first-order valence-electron chi connectivity index (χ1n) is 15.7. The lowest BCUT2D eigenvalue weighted by molar-refractivity contribution is 0.126. The first-order chi connectivity index (χ1) is 19.8. The standard InChI is InChI=1S/C34H50N4O2/c1-3-5-7-11-21-39-23-13-9-15-31-19-17-29(25-35-31)33-27-38-34(28-37-33)30-18-20-32(36-26-30)16-10-14-24-40-22-12-8-6-4-2/h17-20,25-28H,3-16,21-24H2,1-2H3. The van der Waals surface area contributed by atoms with Crippen LogP contribution in [0.25, 0.3) is 22.5 Å². The van der Waals surface area contributed by atoms with Crippen LogP contribution in [0.4, 0.5) is 0 Å². The molecule has 218 valence electrons. The van der Waals surface area contributed by atoms with Crippen LogP contribution >= 0.6 is 0 Å². The van der Waals surface area contributed by atoms with Crippen LogP contribution in [0.3, 0.4) is 0 Å². The number of aryl methyl sites for hydroxylation is 2. The summed E-state index contributed by atoms with van der Waals surface area (Å²) in [6.07, 6.45) is 23.8. The third-order valence-corrected chi connectivity index (χ3v) is 7.12. The second-order valence-corrected chi connectivity index (χ2v) is 10.6. The number of rotatable bonds is 22. The zero-order valence-electron chi connectivity index (χ0n) is 25.0. The summed E-state index contributed by atoms with van der Waals surface area (Å²) >= 11 is 0. The first kappa shape index (κ1) is 31.8. The minimum absolute atomic E-state index is 0.830. The molecule has 0 atom stereocenters. The van der Waals surface area contributed by atoms with Gasteiger partial charge in [-0.05, 0) is 75.6 Å². The van der Waals surface area contributed by atoms with Gasteiger partial charge in [0.25, 0.3) is 0 Å². The number of hydrogen-bond acceptors (Lipinski definition) is 6. The molecule has 0 amide bonds. The Hall–Kier alpha value is -2.70. The Bertz CT molecular complexity index is 939. The Morgan fingerprint density at radius 1 is 0.450 bits per heavy atom. The number of aromatic nitrogens is 4. The van der Waals surface area contributed by atoms with Crippen molar-refractivity contribution in [3.63, 3.8) is 0 Å². The molecule has 0 unspecified atom stereocenters. The molecule has 0 aliphatic heterocycles. The molecule has 0 aliphatic rings. The van der Waals surface area contributed by atoms with Crippen molar-refractivity contribution in [3.05, 3.63) is 60.4 Å². The maximum absolute atomic E-state index is 5.74. The van der Waals surface area contributed by atoms with E-state index in [1.54, 1.807) is 0 Å². The van der Waals surface area contributed by atoms with Crippen LogP contribution in [0.2, 0.25) is 0 Å². The van der Waals surface area contributed by atoms with Gasteiger partial charge in [-0.2, -0.15) is 0 Å². The molecule has 40 heavy (non-hydrogen) atoms. The molecule has 0 bridgehead atoms. The van der Waals surface area contributed by atoms with E-state index in [-0.39, 0.29) is 0 Å². The molecular formula is C34H50N4O2. The van der Waals surface area contributed by atoms with Crippen molar-refractivity contribution in [2.24, 2.45) is 0 Å². The fourth-order valence-electron chi connectivity index (χ4n) is 4.56. The van der Waals surface area contributed by atoms with Crippen LogP contribution in [-0.4, -0.2) is 46.4 Å². The summed E-state index contributed by atoms with van der Waals surface area (Å²) < 4.78 is 11.5. The largest absolute Gasteiger partial charge is 0.381 e. The van der Waals surface area contributed by atoms with Gasteiger partial charge in [0.15, 0.2) is 0 Å².